The molecule has 0 saturated heterocycles. The Morgan fingerprint density at radius 1 is 1.24 bits per heavy atom. The van der Waals surface area contributed by atoms with E-state index < -0.39 is 11.4 Å². The maximum atomic E-state index is 12.5. The molecule has 0 atom stereocenters. The Labute approximate surface area is 147 Å². The van der Waals surface area contributed by atoms with Gasteiger partial charge in [-0.2, -0.15) is 5.10 Å². The van der Waals surface area contributed by atoms with Gasteiger partial charge in [0.05, 0.1) is 17.2 Å². The molecule has 0 unspecified atom stereocenters. The topological polar surface area (TPSA) is 84.2 Å². The molecule has 25 heavy (non-hydrogen) atoms. The normalized spacial score (nSPS) is 11.6. The molecule has 6 heteroatoms. The number of amides is 1. The van der Waals surface area contributed by atoms with Crippen molar-refractivity contribution in [1.82, 2.24) is 9.78 Å². The molecule has 1 aromatic heterocycles. The summed E-state index contributed by atoms with van der Waals surface area (Å²) in [6.07, 6.45) is 1.58. The highest BCUT2D eigenvalue weighted by Gasteiger charge is 2.29. The minimum atomic E-state index is -0.975. The maximum Gasteiger partial charge on any atom is 0.313 e. The minimum Gasteiger partial charge on any atom is -0.481 e. The maximum absolute atomic E-state index is 12.5. The van der Waals surface area contributed by atoms with Crippen molar-refractivity contribution >= 4 is 17.6 Å². The van der Waals surface area contributed by atoms with Crippen LogP contribution in [0.3, 0.4) is 0 Å². The summed E-state index contributed by atoms with van der Waals surface area (Å²) < 4.78 is 1.83. The largest absolute Gasteiger partial charge is 0.481 e. The van der Waals surface area contributed by atoms with Crippen LogP contribution in [-0.4, -0.2) is 26.8 Å². The Kier molecular flexibility index (Phi) is 5.30. The van der Waals surface area contributed by atoms with Crippen molar-refractivity contribution in [1.29, 1.82) is 0 Å². The number of rotatable bonds is 6. The van der Waals surface area contributed by atoms with Gasteiger partial charge in [-0.05, 0) is 44.4 Å². The zero-order chi connectivity index (χ0) is 18.8. The predicted octanol–water partition coefficient (Wildman–Crippen LogP) is 3.46. The molecule has 6 nitrogen and oxygen atoms in total. The lowest BCUT2D eigenvalue weighted by Gasteiger charge is -2.19. The van der Waals surface area contributed by atoms with Gasteiger partial charge in [0.25, 0.3) is 5.91 Å². The van der Waals surface area contributed by atoms with Crippen LogP contribution in [0, 0.1) is 12.8 Å². The highest BCUT2D eigenvalue weighted by molar-refractivity contribution is 6.04. The van der Waals surface area contributed by atoms with Crippen LogP contribution < -0.4 is 5.32 Å². The first-order chi connectivity index (χ1) is 11.6. The second kappa shape index (κ2) is 7.09. The molecule has 134 valence electrons. The van der Waals surface area contributed by atoms with Crippen molar-refractivity contribution < 1.29 is 14.7 Å². The van der Waals surface area contributed by atoms with E-state index in [4.69, 9.17) is 0 Å². The van der Waals surface area contributed by atoms with E-state index in [0.717, 1.165) is 12.2 Å². The van der Waals surface area contributed by atoms with Gasteiger partial charge in [0, 0.05) is 17.9 Å². The van der Waals surface area contributed by atoms with E-state index in [1.165, 1.54) is 0 Å². The summed E-state index contributed by atoms with van der Waals surface area (Å²) in [6, 6.07) is 6.87. The minimum absolute atomic E-state index is 0.224. The molecule has 0 fully saturated rings. The average molecular weight is 343 g/mol. The van der Waals surface area contributed by atoms with Gasteiger partial charge in [0.1, 0.15) is 0 Å². The monoisotopic (exact) mass is 343 g/mol. The summed E-state index contributed by atoms with van der Waals surface area (Å²) in [7, 11) is 0. The molecule has 2 rings (SSSR count). The van der Waals surface area contributed by atoms with Gasteiger partial charge in [-0.15, -0.1) is 0 Å². The highest BCUT2D eigenvalue weighted by atomic mass is 16.4. The van der Waals surface area contributed by atoms with Crippen LogP contribution in [0.5, 0.6) is 0 Å². The molecule has 0 aliphatic carbocycles. The number of carboxylic acid groups (broad SMARTS) is 1. The van der Waals surface area contributed by atoms with Crippen molar-refractivity contribution in [3.63, 3.8) is 0 Å². The van der Waals surface area contributed by atoms with E-state index in [1.54, 1.807) is 44.3 Å². The van der Waals surface area contributed by atoms with Crippen molar-refractivity contribution in [2.24, 2.45) is 5.92 Å². The summed E-state index contributed by atoms with van der Waals surface area (Å²) in [6.45, 7) is 10.1. The smallest absolute Gasteiger partial charge is 0.313 e. The Balaban J connectivity index is 2.14. The summed E-state index contributed by atoms with van der Waals surface area (Å²) in [5.41, 5.74) is 1.69. The third-order valence-corrected chi connectivity index (χ3v) is 4.29. The second-order valence-corrected chi connectivity index (χ2v) is 7.18. The van der Waals surface area contributed by atoms with Gasteiger partial charge in [-0.3, -0.25) is 14.3 Å². The number of hydrogen-bond acceptors (Lipinski definition) is 3. The van der Waals surface area contributed by atoms with Gasteiger partial charge in [0.15, 0.2) is 0 Å². The van der Waals surface area contributed by atoms with E-state index in [-0.39, 0.29) is 5.91 Å². The Morgan fingerprint density at radius 3 is 2.36 bits per heavy atom. The SMILES string of the molecule is Cc1c(C(=O)Nc2ccc(C(C)(C)C(=O)O)cc2)cnn1CC(C)C. The third-order valence-electron chi connectivity index (χ3n) is 4.29. The van der Waals surface area contributed by atoms with Crippen molar-refractivity contribution in [3.05, 3.63) is 47.3 Å². The second-order valence-electron chi connectivity index (χ2n) is 7.18. The molecule has 0 aliphatic heterocycles. The van der Waals surface area contributed by atoms with Crippen LogP contribution in [0.2, 0.25) is 0 Å². The fraction of sp³-hybridized carbons (Fsp3) is 0.421. The zero-order valence-electron chi connectivity index (χ0n) is 15.3. The van der Waals surface area contributed by atoms with Gasteiger partial charge < -0.3 is 10.4 Å². The van der Waals surface area contributed by atoms with E-state index >= 15 is 0 Å². The van der Waals surface area contributed by atoms with Gasteiger partial charge in [0.2, 0.25) is 0 Å². The number of aromatic nitrogens is 2. The highest BCUT2D eigenvalue weighted by Crippen LogP contribution is 2.25. The fourth-order valence-corrected chi connectivity index (χ4v) is 2.49. The quantitative estimate of drug-likeness (QED) is 0.841. The molecule has 1 amide bonds. The summed E-state index contributed by atoms with van der Waals surface area (Å²) in [4.78, 5) is 23.8. The van der Waals surface area contributed by atoms with Crippen molar-refractivity contribution in [3.8, 4) is 0 Å². The number of nitrogens with zero attached hydrogens (tertiary/aromatic N) is 2. The molecule has 0 bridgehead atoms. The van der Waals surface area contributed by atoms with Gasteiger partial charge >= 0.3 is 5.97 Å². The molecular formula is C19H25N3O3. The lowest BCUT2D eigenvalue weighted by Crippen LogP contribution is -2.28. The van der Waals surface area contributed by atoms with Crippen molar-refractivity contribution in [2.45, 2.75) is 46.6 Å². The number of carbonyl (C=O) groups excluding carboxylic acids is 1. The first kappa shape index (κ1) is 18.7. The Hall–Kier alpha value is -2.63. The van der Waals surface area contributed by atoms with Crippen molar-refractivity contribution in [2.75, 3.05) is 5.32 Å². The Morgan fingerprint density at radius 2 is 1.84 bits per heavy atom. The fourth-order valence-electron chi connectivity index (χ4n) is 2.49. The number of aliphatic carboxylic acids is 1. The molecule has 2 N–H and O–H groups in total. The Bertz CT molecular complexity index is 774. The molecule has 2 aromatic rings. The van der Waals surface area contributed by atoms with E-state index in [1.807, 2.05) is 11.6 Å². The first-order valence-corrected chi connectivity index (χ1v) is 8.30. The van der Waals surface area contributed by atoms with E-state index in [0.29, 0.717) is 22.7 Å². The summed E-state index contributed by atoms with van der Waals surface area (Å²) >= 11 is 0. The summed E-state index contributed by atoms with van der Waals surface area (Å²) in [5.74, 6) is -0.671. The molecule has 0 radical (unpaired) electrons. The van der Waals surface area contributed by atoms with E-state index in [9.17, 15) is 14.7 Å². The van der Waals surface area contributed by atoms with Gasteiger partial charge in [-0.25, -0.2) is 0 Å². The van der Waals surface area contributed by atoms with Crippen LogP contribution in [0.15, 0.2) is 30.5 Å². The molecule has 1 aromatic carbocycles. The lowest BCUT2D eigenvalue weighted by molar-refractivity contribution is -0.142. The van der Waals surface area contributed by atoms with Gasteiger partial charge in [-0.1, -0.05) is 26.0 Å². The number of carboxylic acids is 1. The molecule has 0 aliphatic rings. The molecule has 1 heterocycles. The van der Waals surface area contributed by atoms with Crippen LogP contribution in [0.4, 0.5) is 5.69 Å². The molecule has 0 spiro atoms. The summed E-state index contributed by atoms with van der Waals surface area (Å²) in [5, 5.41) is 16.4. The van der Waals surface area contributed by atoms with Crippen LogP contribution in [0.25, 0.3) is 0 Å². The standard InChI is InChI=1S/C19H25N3O3/c1-12(2)11-22-13(3)16(10-20-22)17(23)21-15-8-6-14(7-9-15)19(4,5)18(24)25/h6-10,12H,11H2,1-5H3,(H,21,23)(H,24,25). The number of carbonyl (C=O) groups is 2. The third kappa shape index (κ3) is 4.07. The van der Waals surface area contributed by atoms with E-state index in [2.05, 4.69) is 24.3 Å². The van der Waals surface area contributed by atoms with Crippen LogP contribution in [-0.2, 0) is 16.8 Å². The first-order valence-electron chi connectivity index (χ1n) is 8.30. The number of anilines is 1. The number of benzene rings is 1. The number of hydrogen-bond donors (Lipinski definition) is 2. The van der Waals surface area contributed by atoms with Crippen LogP contribution >= 0.6 is 0 Å². The van der Waals surface area contributed by atoms with Crippen LogP contribution in [0.1, 0.15) is 49.3 Å². The zero-order valence-corrected chi connectivity index (χ0v) is 15.3. The molecule has 0 saturated carbocycles. The molecular weight excluding hydrogens is 318 g/mol. The average Bonchev–Trinajstić information content (AvgIpc) is 2.88. The lowest BCUT2D eigenvalue weighted by atomic mass is 9.85. The predicted molar refractivity (Wildman–Crippen MR) is 96.9 cm³/mol. The number of nitrogens with one attached hydrogen (secondary N) is 1.